The van der Waals surface area contributed by atoms with Gasteiger partial charge in [0.1, 0.15) is 0 Å². The van der Waals surface area contributed by atoms with E-state index in [9.17, 15) is 0 Å². The third-order valence-electron chi connectivity index (χ3n) is 3.88. The lowest BCUT2D eigenvalue weighted by Gasteiger charge is -2.17. The molecule has 5 nitrogen and oxygen atoms in total. The third-order valence-corrected chi connectivity index (χ3v) is 3.88. The predicted octanol–water partition coefficient (Wildman–Crippen LogP) is 3.22. The smallest absolute Gasteiger partial charge is 0.0727 e. The van der Waals surface area contributed by atoms with E-state index in [2.05, 4.69) is 64.3 Å². The van der Waals surface area contributed by atoms with E-state index in [0.29, 0.717) is 0 Å². The van der Waals surface area contributed by atoms with Crippen molar-refractivity contribution in [3.05, 3.63) is 71.1 Å². The average molecular weight is 321 g/mol. The number of benzene rings is 1. The molecule has 124 valence electrons. The molecule has 0 bridgehead atoms. The van der Waals surface area contributed by atoms with Crippen molar-refractivity contribution >= 4 is 0 Å². The summed E-state index contributed by atoms with van der Waals surface area (Å²) in [6.45, 7) is 7.67. The zero-order chi connectivity index (χ0) is 17.1. The topological polar surface area (TPSA) is 46.8 Å². The summed E-state index contributed by atoms with van der Waals surface area (Å²) < 4.78 is 1.99. The molecule has 0 saturated heterocycles. The summed E-state index contributed by atoms with van der Waals surface area (Å²) >= 11 is 0. The highest BCUT2D eigenvalue weighted by Crippen LogP contribution is 2.15. The van der Waals surface area contributed by atoms with Crippen LogP contribution in [-0.2, 0) is 13.1 Å². The van der Waals surface area contributed by atoms with Gasteiger partial charge in [-0.2, -0.15) is 5.10 Å². The van der Waals surface area contributed by atoms with Crippen LogP contribution >= 0.6 is 0 Å². The quantitative estimate of drug-likeness (QED) is 0.724. The second-order valence-corrected chi connectivity index (χ2v) is 6.33. The molecule has 5 heteroatoms. The van der Waals surface area contributed by atoms with Gasteiger partial charge in [0.2, 0.25) is 0 Å². The van der Waals surface area contributed by atoms with Crippen LogP contribution in [0.2, 0.25) is 0 Å². The van der Waals surface area contributed by atoms with Crippen molar-refractivity contribution in [3.63, 3.8) is 0 Å². The first-order valence-electron chi connectivity index (χ1n) is 8.10. The van der Waals surface area contributed by atoms with Crippen molar-refractivity contribution in [2.75, 3.05) is 7.05 Å². The maximum Gasteiger partial charge on any atom is 0.0727 e. The molecule has 0 N–H and O–H groups in total. The Morgan fingerprint density at radius 1 is 0.958 bits per heavy atom. The number of aromatic nitrogens is 4. The highest BCUT2D eigenvalue weighted by Gasteiger charge is 2.07. The molecule has 0 radical (unpaired) electrons. The Balaban J connectivity index is 1.72. The molecule has 0 fully saturated rings. The second kappa shape index (κ2) is 6.93. The van der Waals surface area contributed by atoms with Crippen LogP contribution < -0.4 is 0 Å². The van der Waals surface area contributed by atoms with Crippen molar-refractivity contribution in [3.8, 4) is 5.69 Å². The molecule has 2 heterocycles. The Morgan fingerprint density at radius 2 is 1.79 bits per heavy atom. The van der Waals surface area contributed by atoms with Gasteiger partial charge in [-0.05, 0) is 51.6 Å². The lowest BCUT2D eigenvalue weighted by atomic mass is 10.2. The van der Waals surface area contributed by atoms with E-state index in [1.165, 1.54) is 5.56 Å². The number of rotatable bonds is 5. The minimum absolute atomic E-state index is 0.775. The zero-order valence-corrected chi connectivity index (χ0v) is 14.7. The molecular formula is C19H23N5. The van der Waals surface area contributed by atoms with E-state index in [-0.39, 0.29) is 0 Å². The minimum atomic E-state index is 0.775. The fraction of sp³-hybridized carbons (Fsp3) is 0.316. The molecule has 1 aromatic carbocycles. The Kier molecular flexibility index (Phi) is 4.71. The number of aryl methyl sites for hydroxylation is 3. The van der Waals surface area contributed by atoms with Crippen LogP contribution in [0, 0.1) is 20.8 Å². The molecule has 2 aromatic heterocycles. The molecular weight excluding hydrogens is 298 g/mol. The summed E-state index contributed by atoms with van der Waals surface area (Å²) in [7, 11) is 2.09. The fourth-order valence-corrected chi connectivity index (χ4v) is 2.82. The number of hydrogen-bond donors (Lipinski definition) is 0. The summed E-state index contributed by atoms with van der Waals surface area (Å²) in [5, 5.41) is 4.56. The van der Waals surface area contributed by atoms with Crippen LogP contribution in [0.3, 0.4) is 0 Å². The molecule has 0 atom stereocenters. The molecule has 0 saturated carbocycles. The van der Waals surface area contributed by atoms with Gasteiger partial charge in [0.05, 0.1) is 22.8 Å². The average Bonchev–Trinajstić information content (AvgIpc) is 2.88. The predicted molar refractivity (Wildman–Crippen MR) is 95.0 cm³/mol. The van der Waals surface area contributed by atoms with Gasteiger partial charge in [-0.15, -0.1) is 0 Å². The van der Waals surface area contributed by atoms with Crippen LogP contribution in [-0.4, -0.2) is 31.7 Å². The van der Waals surface area contributed by atoms with Crippen molar-refractivity contribution < 1.29 is 0 Å². The maximum absolute atomic E-state index is 4.56. The second-order valence-electron chi connectivity index (χ2n) is 6.33. The van der Waals surface area contributed by atoms with E-state index >= 15 is 0 Å². The monoisotopic (exact) mass is 321 g/mol. The highest BCUT2D eigenvalue weighted by atomic mass is 15.3. The van der Waals surface area contributed by atoms with Crippen molar-refractivity contribution in [1.29, 1.82) is 0 Å². The molecule has 0 spiro atoms. The summed E-state index contributed by atoms with van der Waals surface area (Å²) in [6, 6.07) is 10.6. The zero-order valence-electron chi connectivity index (χ0n) is 14.7. The maximum atomic E-state index is 4.56. The van der Waals surface area contributed by atoms with E-state index in [4.69, 9.17) is 0 Å². The summed E-state index contributed by atoms with van der Waals surface area (Å²) in [5.41, 5.74) is 6.46. The van der Waals surface area contributed by atoms with Crippen molar-refractivity contribution in [2.45, 2.75) is 33.9 Å². The number of hydrogen-bond acceptors (Lipinski definition) is 4. The normalized spacial score (nSPS) is 11.2. The first-order valence-corrected chi connectivity index (χ1v) is 8.10. The lowest BCUT2D eigenvalue weighted by molar-refractivity contribution is 0.314. The summed E-state index contributed by atoms with van der Waals surface area (Å²) in [4.78, 5) is 11.0. The SMILES string of the molecule is Cc1cnc(CN(C)Cc2cccc(-n3nc(C)cc3C)c2)cn1. The van der Waals surface area contributed by atoms with Crippen LogP contribution in [0.15, 0.2) is 42.7 Å². The standard InChI is InChI=1S/C19H23N5/c1-14-8-16(3)24(22-14)19-7-5-6-17(9-19)12-23(4)13-18-11-20-15(2)10-21-18/h5-11H,12-13H2,1-4H3. The van der Waals surface area contributed by atoms with E-state index in [0.717, 1.165) is 41.6 Å². The van der Waals surface area contributed by atoms with Gasteiger partial charge >= 0.3 is 0 Å². The van der Waals surface area contributed by atoms with Gasteiger partial charge in [-0.1, -0.05) is 12.1 Å². The third kappa shape index (κ3) is 3.86. The molecule has 0 aliphatic rings. The van der Waals surface area contributed by atoms with Gasteiger partial charge in [-0.25, -0.2) is 4.68 Å². The van der Waals surface area contributed by atoms with E-state index < -0.39 is 0 Å². The molecule has 24 heavy (non-hydrogen) atoms. The highest BCUT2D eigenvalue weighted by molar-refractivity contribution is 5.37. The van der Waals surface area contributed by atoms with E-state index in [1.807, 2.05) is 30.9 Å². The van der Waals surface area contributed by atoms with E-state index in [1.54, 1.807) is 0 Å². The first-order chi connectivity index (χ1) is 11.5. The van der Waals surface area contributed by atoms with Gasteiger partial charge in [0.25, 0.3) is 0 Å². The fourth-order valence-electron chi connectivity index (χ4n) is 2.82. The van der Waals surface area contributed by atoms with Gasteiger partial charge in [0, 0.05) is 31.2 Å². The Hall–Kier alpha value is -2.53. The van der Waals surface area contributed by atoms with Crippen molar-refractivity contribution in [1.82, 2.24) is 24.6 Å². The van der Waals surface area contributed by atoms with Crippen LogP contribution in [0.5, 0.6) is 0 Å². The van der Waals surface area contributed by atoms with Gasteiger partial charge in [0.15, 0.2) is 0 Å². The van der Waals surface area contributed by atoms with Crippen LogP contribution in [0.25, 0.3) is 5.69 Å². The molecule has 3 rings (SSSR count). The molecule has 0 aliphatic heterocycles. The minimum Gasteiger partial charge on any atom is -0.296 e. The van der Waals surface area contributed by atoms with Crippen LogP contribution in [0.1, 0.15) is 28.3 Å². The summed E-state index contributed by atoms with van der Waals surface area (Å²) in [5.74, 6) is 0. The Labute approximate surface area is 143 Å². The Bertz CT molecular complexity index is 820. The first kappa shape index (κ1) is 16.3. The lowest BCUT2D eigenvalue weighted by Crippen LogP contribution is -2.18. The molecule has 0 unspecified atom stereocenters. The van der Waals surface area contributed by atoms with Crippen LogP contribution in [0.4, 0.5) is 0 Å². The molecule has 0 amide bonds. The largest absolute Gasteiger partial charge is 0.296 e. The number of nitrogens with zero attached hydrogens (tertiary/aromatic N) is 5. The molecule has 0 aliphatic carbocycles. The summed E-state index contributed by atoms with van der Waals surface area (Å²) in [6.07, 6.45) is 3.66. The van der Waals surface area contributed by atoms with Gasteiger partial charge in [-0.3, -0.25) is 14.9 Å². The Morgan fingerprint density at radius 3 is 2.46 bits per heavy atom. The van der Waals surface area contributed by atoms with Gasteiger partial charge < -0.3 is 0 Å². The van der Waals surface area contributed by atoms with Crippen molar-refractivity contribution in [2.24, 2.45) is 0 Å². The molecule has 3 aromatic rings.